The molecule has 8 nitrogen and oxygen atoms in total. The summed E-state index contributed by atoms with van der Waals surface area (Å²) in [4.78, 5) is 23.0. The normalized spacial score (nSPS) is 14.3. The van der Waals surface area contributed by atoms with E-state index < -0.39 is 13.9 Å². The SMILES string of the molecule is CC/C=C\C/C=C\C/C=C\C/C=C\C/C=C\CCCCCCCCCC(=O)OC(COCCCCCCCC/C=C\CCCCCCC)COP(=O)(O)OCC[N+](C)(C)C. The van der Waals surface area contributed by atoms with Gasteiger partial charge in [0.15, 0.2) is 0 Å². The van der Waals surface area contributed by atoms with Gasteiger partial charge >= 0.3 is 13.8 Å². The molecule has 0 aliphatic rings. The first-order valence-corrected chi connectivity index (χ1v) is 25.7. The van der Waals surface area contributed by atoms with Crippen molar-refractivity contribution < 1.29 is 37.3 Å². The van der Waals surface area contributed by atoms with Crippen molar-refractivity contribution in [2.24, 2.45) is 0 Å². The van der Waals surface area contributed by atoms with Gasteiger partial charge in [0.1, 0.15) is 19.3 Å². The first-order valence-electron chi connectivity index (χ1n) is 24.2. The summed E-state index contributed by atoms with van der Waals surface area (Å²) < 4.78 is 35.1. The minimum atomic E-state index is -4.29. The number of carbonyl (C=O) groups excluding carboxylic acids is 1. The second kappa shape index (κ2) is 43.6. The molecule has 0 saturated carbocycles. The highest BCUT2D eigenvalue weighted by Crippen LogP contribution is 2.43. The van der Waals surface area contributed by atoms with Crippen LogP contribution in [0.5, 0.6) is 0 Å². The minimum Gasteiger partial charge on any atom is -0.457 e. The summed E-state index contributed by atoms with van der Waals surface area (Å²) in [6.07, 6.45) is 56.5. The molecule has 9 heteroatoms. The number of phosphoric ester groups is 1. The Balaban J connectivity index is 4.22. The maximum absolute atomic E-state index is 12.7. The Morgan fingerprint density at radius 2 is 0.967 bits per heavy atom. The number of hydrogen-bond acceptors (Lipinski definition) is 6. The van der Waals surface area contributed by atoms with Crippen LogP contribution in [-0.4, -0.2) is 75.6 Å². The molecule has 0 aliphatic carbocycles. The van der Waals surface area contributed by atoms with Crippen molar-refractivity contribution >= 4 is 13.8 Å². The van der Waals surface area contributed by atoms with E-state index in [1.807, 2.05) is 21.1 Å². The predicted molar refractivity (Wildman–Crippen MR) is 256 cm³/mol. The van der Waals surface area contributed by atoms with Crippen molar-refractivity contribution in [3.05, 3.63) is 72.9 Å². The lowest BCUT2D eigenvalue weighted by Gasteiger charge is -2.24. The molecule has 0 bridgehead atoms. The summed E-state index contributed by atoms with van der Waals surface area (Å²) in [5.74, 6) is -0.329. The highest BCUT2D eigenvalue weighted by Gasteiger charge is 2.26. The summed E-state index contributed by atoms with van der Waals surface area (Å²) >= 11 is 0. The molecule has 0 aromatic heterocycles. The molecule has 0 amide bonds. The number of quaternary nitrogens is 1. The molecule has 0 spiro atoms. The van der Waals surface area contributed by atoms with Crippen LogP contribution in [0.2, 0.25) is 0 Å². The number of carbonyl (C=O) groups is 1. The smallest absolute Gasteiger partial charge is 0.457 e. The van der Waals surface area contributed by atoms with E-state index in [-0.39, 0.29) is 25.8 Å². The summed E-state index contributed by atoms with van der Waals surface area (Å²) in [6.45, 7) is 5.47. The van der Waals surface area contributed by atoms with E-state index in [2.05, 4.69) is 86.8 Å². The molecule has 60 heavy (non-hydrogen) atoms. The van der Waals surface area contributed by atoms with Crippen molar-refractivity contribution in [2.75, 3.05) is 54.1 Å². The lowest BCUT2D eigenvalue weighted by molar-refractivity contribution is -0.870. The Morgan fingerprint density at radius 3 is 1.47 bits per heavy atom. The number of phosphoric acid groups is 1. The van der Waals surface area contributed by atoms with Gasteiger partial charge in [0.05, 0.1) is 34.4 Å². The number of nitrogens with zero attached hydrogens (tertiary/aromatic N) is 1. The molecule has 2 atom stereocenters. The van der Waals surface area contributed by atoms with Gasteiger partial charge in [-0.05, 0) is 83.5 Å². The van der Waals surface area contributed by atoms with Crippen LogP contribution < -0.4 is 0 Å². The zero-order valence-electron chi connectivity index (χ0n) is 39.4. The van der Waals surface area contributed by atoms with E-state index >= 15 is 0 Å². The zero-order chi connectivity index (χ0) is 44.1. The maximum atomic E-state index is 12.7. The average molecular weight is 863 g/mol. The summed E-state index contributed by atoms with van der Waals surface area (Å²) in [5, 5.41) is 0. The average Bonchev–Trinajstić information content (AvgIpc) is 3.20. The Morgan fingerprint density at radius 1 is 0.533 bits per heavy atom. The van der Waals surface area contributed by atoms with Crippen LogP contribution >= 0.6 is 7.82 Å². The molecule has 0 aliphatic heterocycles. The number of unbranched alkanes of at least 4 members (excludes halogenated alkanes) is 18. The molecule has 348 valence electrons. The highest BCUT2D eigenvalue weighted by molar-refractivity contribution is 7.47. The number of hydrogen-bond donors (Lipinski definition) is 1. The molecular formula is C51H93NO7P+. The molecule has 0 saturated heterocycles. The van der Waals surface area contributed by atoms with Gasteiger partial charge in [0.2, 0.25) is 0 Å². The highest BCUT2D eigenvalue weighted by atomic mass is 31.2. The first-order chi connectivity index (χ1) is 29.1. The van der Waals surface area contributed by atoms with Gasteiger partial charge < -0.3 is 18.9 Å². The fraction of sp³-hybridized carbons (Fsp3) is 0.745. The summed E-state index contributed by atoms with van der Waals surface area (Å²) in [6, 6.07) is 0. The van der Waals surface area contributed by atoms with Gasteiger partial charge in [-0.15, -0.1) is 0 Å². The molecule has 0 aromatic rings. The van der Waals surface area contributed by atoms with E-state index in [1.165, 1.54) is 96.3 Å². The monoisotopic (exact) mass is 863 g/mol. The molecular weight excluding hydrogens is 770 g/mol. The Kier molecular flexibility index (Phi) is 42.1. The van der Waals surface area contributed by atoms with Crippen LogP contribution in [0.4, 0.5) is 0 Å². The van der Waals surface area contributed by atoms with Crippen molar-refractivity contribution in [2.45, 2.75) is 193 Å². The topological polar surface area (TPSA) is 91.3 Å². The van der Waals surface area contributed by atoms with Gasteiger partial charge in [-0.1, -0.05) is 170 Å². The van der Waals surface area contributed by atoms with Crippen LogP contribution in [0, 0.1) is 0 Å². The summed E-state index contributed by atoms with van der Waals surface area (Å²) in [5.41, 5.74) is 0. The third-order valence-corrected chi connectivity index (χ3v) is 11.0. The van der Waals surface area contributed by atoms with Crippen LogP contribution in [0.1, 0.15) is 187 Å². The van der Waals surface area contributed by atoms with Gasteiger partial charge in [-0.25, -0.2) is 4.57 Å². The van der Waals surface area contributed by atoms with E-state index in [4.69, 9.17) is 18.5 Å². The lowest BCUT2D eigenvalue weighted by atomic mass is 10.1. The Bertz CT molecular complexity index is 1190. The molecule has 0 heterocycles. The standard InChI is InChI=1S/C51H92NO7P/c1-6-8-10-12-14-16-18-20-22-23-24-25-26-27-28-29-30-32-34-36-38-40-42-44-51(53)59-50(49-58-60(54,55)57-47-45-52(3,4)5)48-56-46-43-41-39-37-35-33-31-21-19-17-15-13-11-9-7-2/h8,10,14,16,19-22,24-25,27-28,50H,6-7,9,11-13,15,17-18,23,26,29-49H2,1-5H3/p+1/b10-8-,16-14-,21-19-,22-20-,25-24-,28-27-. The van der Waals surface area contributed by atoms with Gasteiger partial charge in [0.25, 0.3) is 0 Å². The number of rotatable bonds is 44. The third kappa shape index (κ3) is 47.0. The zero-order valence-corrected chi connectivity index (χ0v) is 40.3. The third-order valence-electron chi connectivity index (χ3n) is 10.0. The van der Waals surface area contributed by atoms with E-state index in [0.717, 1.165) is 70.6 Å². The fourth-order valence-electron chi connectivity index (χ4n) is 6.28. The number of likely N-dealkylation sites (N-methyl/N-ethyl adjacent to an activating group) is 1. The fourth-order valence-corrected chi connectivity index (χ4v) is 7.02. The van der Waals surface area contributed by atoms with E-state index in [0.29, 0.717) is 24.1 Å². The molecule has 0 fully saturated rings. The van der Waals surface area contributed by atoms with Crippen LogP contribution in [0.25, 0.3) is 0 Å². The quantitative estimate of drug-likeness (QED) is 0.0214. The molecule has 0 rings (SSSR count). The van der Waals surface area contributed by atoms with Crippen molar-refractivity contribution in [3.63, 3.8) is 0 Å². The van der Waals surface area contributed by atoms with Gasteiger partial charge in [-0.3, -0.25) is 13.8 Å². The second-order valence-corrected chi connectivity index (χ2v) is 18.6. The number of esters is 1. The van der Waals surface area contributed by atoms with E-state index in [1.54, 1.807) is 0 Å². The number of allylic oxidation sites excluding steroid dienone is 12. The van der Waals surface area contributed by atoms with Gasteiger partial charge in [0, 0.05) is 13.0 Å². The van der Waals surface area contributed by atoms with Crippen LogP contribution in [0.15, 0.2) is 72.9 Å². The molecule has 1 N–H and O–H groups in total. The largest absolute Gasteiger partial charge is 0.472 e. The number of ether oxygens (including phenoxy) is 2. The Hall–Kier alpha value is -2.06. The van der Waals surface area contributed by atoms with Gasteiger partial charge in [-0.2, -0.15) is 0 Å². The van der Waals surface area contributed by atoms with Crippen LogP contribution in [0.3, 0.4) is 0 Å². The van der Waals surface area contributed by atoms with Crippen molar-refractivity contribution in [1.82, 2.24) is 0 Å². The lowest BCUT2D eigenvalue weighted by Crippen LogP contribution is -2.37. The van der Waals surface area contributed by atoms with Crippen molar-refractivity contribution in [1.29, 1.82) is 0 Å². The Labute approximate surface area is 370 Å². The molecule has 0 radical (unpaired) electrons. The maximum Gasteiger partial charge on any atom is 0.472 e. The van der Waals surface area contributed by atoms with Crippen molar-refractivity contribution in [3.8, 4) is 0 Å². The van der Waals surface area contributed by atoms with E-state index in [9.17, 15) is 14.3 Å². The molecule has 2 unspecified atom stereocenters. The van der Waals surface area contributed by atoms with Crippen LogP contribution in [-0.2, 0) is 27.9 Å². The first kappa shape index (κ1) is 57.9. The molecule has 0 aromatic carbocycles. The minimum absolute atomic E-state index is 0.0818. The predicted octanol–water partition coefficient (Wildman–Crippen LogP) is 14.7. The second-order valence-electron chi connectivity index (χ2n) is 17.1. The summed E-state index contributed by atoms with van der Waals surface area (Å²) in [7, 11) is 1.65.